The summed E-state index contributed by atoms with van der Waals surface area (Å²) in [6.07, 6.45) is 3.61. The molecule has 2 heterocycles. The summed E-state index contributed by atoms with van der Waals surface area (Å²) in [4.78, 5) is 42.5. The molecule has 0 saturated carbocycles. The van der Waals surface area contributed by atoms with E-state index in [1.807, 2.05) is 38.1 Å². The summed E-state index contributed by atoms with van der Waals surface area (Å²) < 4.78 is 13.5. The van der Waals surface area contributed by atoms with Crippen LogP contribution in [0.1, 0.15) is 50.7 Å². The summed E-state index contributed by atoms with van der Waals surface area (Å²) in [5.74, 6) is -1.17. The number of nitrogens with one attached hydrogen (secondary N) is 1. The number of hydrogen-bond acceptors (Lipinski definition) is 3. The molecule has 4 amide bonds. The van der Waals surface area contributed by atoms with Gasteiger partial charge in [-0.25, -0.2) is 9.18 Å². The molecular weight excluding hydrogens is 409 g/mol. The van der Waals surface area contributed by atoms with Crippen LogP contribution in [0.3, 0.4) is 0 Å². The summed E-state index contributed by atoms with van der Waals surface area (Å²) in [6.45, 7) is 3.64. The molecule has 1 saturated heterocycles. The Bertz CT molecular complexity index is 1040. The topological polar surface area (TPSA) is 69.7 Å². The maximum atomic E-state index is 13.6. The molecule has 2 aliphatic rings. The fourth-order valence-electron chi connectivity index (χ4n) is 4.74. The molecular formula is C25H28FN3O3. The quantitative estimate of drug-likeness (QED) is 0.691. The van der Waals surface area contributed by atoms with E-state index in [4.69, 9.17) is 0 Å². The molecule has 2 aromatic carbocycles. The summed E-state index contributed by atoms with van der Waals surface area (Å²) in [6, 6.07) is 12.7. The van der Waals surface area contributed by atoms with Gasteiger partial charge in [0, 0.05) is 11.7 Å². The van der Waals surface area contributed by atoms with Gasteiger partial charge in [0.2, 0.25) is 5.91 Å². The molecule has 0 aliphatic carbocycles. The highest BCUT2D eigenvalue weighted by molar-refractivity contribution is 6.11. The zero-order valence-electron chi connectivity index (χ0n) is 18.4. The van der Waals surface area contributed by atoms with Gasteiger partial charge in [-0.2, -0.15) is 0 Å². The SMILES string of the molecule is CCCCC1(c2ccc(F)cc2)NC(=O)N(CC(=O)N2c3ccccc3CCC2C)C1=O. The van der Waals surface area contributed by atoms with Gasteiger partial charge in [0.05, 0.1) is 0 Å². The van der Waals surface area contributed by atoms with Crippen molar-refractivity contribution in [2.24, 2.45) is 0 Å². The van der Waals surface area contributed by atoms with Crippen molar-refractivity contribution in [3.63, 3.8) is 0 Å². The first kappa shape index (κ1) is 22.0. The lowest BCUT2D eigenvalue weighted by molar-refractivity contribution is -0.135. The number of rotatable bonds is 6. The van der Waals surface area contributed by atoms with Crippen LogP contribution in [-0.2, 0) is 21.5 Å². The second kappa shape index (κ2) is 8.73. The molecule has 4 rings (SSSR count). The van der Waals surface area contributed by atoms with Crippen molar-refractivity contribution in [3.05, 3.63) is 65.5 Å². The first-order valence-electron chi connectivity index (χ1n) is 11.2. The summed E-state index contributed by atoms with van der Waals surface area (Å²) in [7, 11) is 0. The molecule has 2 aliphatic heterocycles. The highest BCUT2D eigenvalue weighted by Gasteiger charge is 2.52. The van der Waals surface area contributed by atoms with E-state index in [-0.39, 0.29) is 18.5 Å². The monoisotopic (exact) mass is 437 g/mol. The second-order valence-corrected chi connectivity index (χ2v) is 8.62. The van der Waals surface area contributed by atoms with Gasteiger partial charge in [-0.05, 0) is 55.5 Å². The van der Waals surface area contributed by atoms with E-state index in [9.17, 15) is 18.8 Å². The van der Waals surface area contributed by atoms with Crippen LogP contribution >= 0.6 is 0 Å². The molecule has 0 aromatic heterocycles. The molecule has 2 atom stereocenters. The Kier molecular flexibility index (Phi) is 6.00. The molecule has 0 spiro atoms. The van der Waals surface area contributed by atoms with Gasteiger partial charge in [-0.3, -0.25) is 14.5 Å². The zero-order chi connectivity index (χ0) is 22.9. The van der Waals surface area contributed by atoms with Crippen molar-refractivity contribution in [1.82, 2.24) is 10.2 Å². The Labute approximate surface area is 187 Å². The average Bonchev–Trinajstić information content (AvgIpc) is 3.03. The number of benzene rings is 2. The third-order valence-corrected chi connectivity index (χ3v) is 6.50. The van der Waals surface area contributed by atoms with Crippen LogP contribution in [0.5, 0.6) is 0 Å². The third kappa shape index (κ3) is 3.76. The lowest BCUT2D eigenvalue weighted by atomic mass is 9.84. The predicted octanol–water partition coefficient (Wildman–Crippen LogP) is 4.13. The Balaban J connectivity index is 1.62. The van der Waals surface area contributed by atoms with Crippen molar-refractivity contribution in [3.8, 4) is 0 Å². The van der Waals surface area contributed by atoms with Gasteiger partial charge in [-0.15, -0.1) is 0 Å². The summed E-state index contributed by atoms with van der Waals surface area (Å²) in [5.41, 5.74) is 1.16. The number of para-hydroxylation sites is 1. The summed E-state index contributed by atoms with van der Waals surface area (Å²) in [5, 5.41) is 2.82. The Morgan fingerprint density at radius 1 is 1.16 bits per heavy atom. The van der Waals surface area contributed by atoms with Crippen molar-refractivity contribution in [2.75, 3.05) is 11.4 Å². The minimum atomic E-state index is -1.29. The van der Waals surface area contributed by atoms with E-state index in [0.29, 0.717) is 18.4 Å². The van der Waals surface area contributed by atoms with Gasteiger partial charge in [-0.1, -0.05) is 50.1 Å². The predicted molar refractivity (Wildman–Crippen MR) is 120 cm³/mol. The number of carbonyl (C=O) groups is 3. The van der Waals surface area contributed by atoms with Crippen molar-refractivity contribution < 1.29 is 18.8 Å². The number of halogens is 1. The Morgan fingerprint density at radius 2 is 1.88 bits per heavy atom. The molecule has 2 unspecified atom stereocenters. The third-order valence-electron chi connectivity index (χ3n) is 6.50. The Hall–Kier alpha value is -3.22. The molecule has 6 nitrogen and oxygen atoms in total. The highest BCUT2D eigenvalue weighted by Crippen LogP contribution is 2.35. The van der Waals surface area contributed by atoms with Gasteiger partial charge in [0.15, 0.2) is 0 Å². The number of imide groups is 1. The molecule has 1 fully saturated rings. The van der Waals surface area contributed by atoms with Crippen LogP contribution < -0.4 is 10.2 Å². The molecule has 1 N–H and O–H groups in total. The number of urea groups is 1. The first-order valence-corrected chi connectivity index (χ1v) is 11.2. The van der Waals surface area contributed by atoms with E-state index < -0.39 is 23.3 Å². The van der Waals surface area contributed by atoms with E-state index in [1.165, 1.54) is 24.3 Å². The molecule has 0 radical (unpaired) electrons. The minimum absolute atomic E-state index is 0.0277. The van der Waals surface area contributed by atoms with Crippen molar-refractivity contribution >= 4 is 23.5 Å². The standard InChI is InChI=1S/C25H28FN3O3/c1-3-4-15-25(19-11-13-20(26)14-12-19)23(31)28(24(32)27-25)16-22(30)29-17(2)9-10-18-7-5-6-8-21(18)29/h5-8,11-14,17H,3-4,9-10,15-16H2,1-2H3,(H,27,32). The normalized spacial score (nSPS) is 22.7. The first-order chi connectivity index (χ1) is 15.4. The largest absolute Gasteiger partial charge is 0.325 e. The molecule has 7 heteroatoms. The van der Waals surface area contributed by atoms with Crippen molar-refractivity contribution in [1.29, 1.82) is 0 Å². The van der Waals surface area contributed by atoms with Gasteiger partial charge in [0.25, 0.3) is 5.91 Å². The van der Waals surface area contributed by atoms with Gasteiger partial charge < -0.3 is 10.2 Å². The fraction of sp³-hybridized carbons (Fsp3) is 0.400. The number of fused-ring (bicyclic) bond motifs is 1. The number of anilines is 1. The van der Waals surface area contributed by atoms with Crippen molar-refractivity contribution in [2.45, 2.75) is 57.5 Å². The van der Waals surface area contributed by atoms with E-state index in [1.54, 1.807) is 4.90 Å². The maximum absolute atomic E-state index is 13.6. The Morgan fingerprint density at radius 3 is 2.59 bits per heavy atom. The number of unbranched alkanes of at least 4 members (excludes halogenated alkanes) is 1. The smallest absolute Gasteiger partial charge is 0.319 e. The fourth-order valence-corrected chi connectivity index (χ4v) is 4.74. The lowest BCUT2D eigenvalue weighted by Crippen LogP contribution is -2.49. The van der Waals surface area contributed by atoms with E-state index in [0.717, 1.165) is 35.4 Å². The maximum Gasteiger partial charge on any atom is 0.325 e. The van der Waals surface area contributed by atoms with E-state index in [2.05, 4.69) is 5.32 Å². The van der Waals surface area contributed by atoms with Gasteiger partial charge in [0.1, 0.15) is 17.9 Å². The highest BCUT2D eigenvalue weighted by atomic mass is 19.1. The second-order valence-electron chi connectivity index (χ2n) is 8.62. The van der Waals surface area contributed by atoms with Crippen LogP contribution in [-0.4, -0.2) is 35.3 Å². The number of nitrogens with zero attached hydrogens (tertiary/aromatic N) is 2. The molecule has 2 aromatic rings. The van der Waals surface area contributed by atoms with E-state index >= 15 is 0 Å². The molecule has 168 valence electrons. The number of amides is 4. The van der Waals surface area contributed by atoms with Crippen LogP contribution in [0.25, 0.3) is 0 Å². The van der Waals surface area contributed by atoms with Crippen LogP contribution in [0.2, 0.25) is 0 Å². The summed E-state index contributed by atoms with van der Waals surface area (Å²) >= 11 is 0. The lowest BCUT2D eigenvalue weighted by Gasteiger charge is -2.36. The number of aryl methyl sites for hydroxylation is 1. The number of carbonyl (C=O) groups excluding carboxylic acids is 3. The number of hydrogen-bond donors (Lipinski definition) is 1. The molecule has 0 bridgehead atoms. The van der Waals surface area contributed by atoms with Crippen LogP contribution in [0.4, 0.5) is 14.9 Å². The van der Waals surface area contributed by atoms with Crippen LogP contribution in [0.15, 0.2) is 48.5 Å². The molecule has 32 heavy (non-hydrogen) atoms. The van der Waals surface area contributed by atoms with Crippen LogP contribution in [0, 0.1) is 5.82 Å². The van der Waals surface area contributed by atoms with Gasteiger partial charge >= 0.3 is 6.03 Å². The zero-order valence-corrected chi connectivity index (χ0v) is 18.4. The average molecular weight is 438 g/mol. The minimum Gasteiger partial charge on any atom is -0.319 e.